The summed E-state index contributed by atoms with van der Waals surface area (Å²) in [5.41, 5.74) is 2.00. The number of para-hydroxylation sites is 1. The molecule has 1 aliphatic heterocycles. The van der Waals surface area contributed by atoms with Crippen molar-refractivity contribution in [3.05, 3.63) is 65.7 Å². The minimum Gasteiger partial charge on any atom is -0.316 e. The Morgan fingerprint density at radius 2 is 1.19 bits per heavy atom. The summed E-state index contributed by atoms with van der Waals surface area (Å²) < 4.78 is 0. The zero-order valence-electron chi connectivity index (χ0n) is 18.4. The average Bonchev–Trinajstić information content (AvgIpc) is 3.05. The van der Waals surface area contributed by atoms with Crippen molar-refractivity contribution in [2.24, 2.45) is 0 Å². The van der Waals surface area contributed by atoms with Crippen LogP contribution in [0, 0.1) is 0 Å². The second-order valence-corrected chi connectivity index (χ2v) is 8.17. The van der Waals surface area contributed by atoms with E-state index in [0.717, 1.165) is 57.1 Å². The van der Waals surface area contributed by atoms with Crippen LogP contribution in [-0.4, -0.2) is 36.2 Å². The number of anilines is 1. The van der Waals surface area contributed by atoms with E-state index in [-0.39, 0.29) is 17.7 Å². The van der Waals surface area contributed by atoms with Crippen molar-refractivity contribution >= 4 is 23.4 Å². The third-order valence-electron chi connectivity index (χ3n) is 5.92. The van der Waals surface area contributed by atoms with Crippen LogP contribution in [0.5, 0.6) is 0 Å². The van der Waals surface area contributed by atoms with Gasteiger partial charge in [-0.1, -0.05) is 68.9 Å². The predicted octanol–water partition coefficient (Wildman–Crippen LogP) is 5.46. The van der Waals surface area contributed by atoms with Crippen LogP contribution in [0.1, 0.15) is 78.5 Å². The van der Waals surface area contributed by atoms with Crippen LogP contribution in [0.15, 0.2) is 54.6 Å². The van der Waals surface area contributed by atoms with Gasteiger partial charge in [-0.15, -0.1) is 0 Å². The largest absolute Gasteiger partial charge is 0.316 e. The molecule has 0 radical (unpaired) electrons. The van der Waals surface area contributed by atoms with Crippen molar-refractivity contribution in [1.29, 1.82) is 0 Å². The molecule has 0 N–H and O–H groups in total. The smallest absolute Gasteiger partial charge is 0.261 e. The third-order valence-corrected chi connectivity index (χ3v) is 5.92. The number of benzene rings is 2. The molecule has 0 spiro atoms. The van der Waals surface area contributed by atoms with Gasteiger partial charge in [0.25, 0.3) is 11.8 Å². The van der Waals surface area contributed by atoms with E-state index in [9.17, 15) is 14.4 Å². The van der Waals surface area contributed by atoms with E-state index < -0.39 is 0 Å². The van der Waals surface area contributed by atoms with Crippen LogP contribution in [-0.2, 0) is 4.79 Å². The lowest BCUT2D eigenvalue weighted by Crippen LogP contribution is -2.30. The van der Waals surface area contributed by atoms with Crippen LogP contribution in [0.3, 0.4) is 0 Å². The molecule has 3 rings (SSSR count). The van der Waals surface area contributed by atoms with Crippen LogP contribution >= 0.6 is 0 Å². The highest BCUT2D eigenvalue weighted by Crippen LogP contribution is 2.23. The first-order valence-corrected chi connectivity index (χ1v) is 11.4. The second-order valence-electron chi connectivity index (χ2n) is 8.17. The van der Waals surface area contributed by atoms with E-state index in [0.29, 0.717) is 24.1 Å². The fourth-order valence-corrected chi connectivity index (χ4v) is 4.01. The molecule has 0 bridgehead atoms. The Hall–Kier alpha value is -2.95. The number of carbonyl (C=O) groups is 3. The number of carbonyl (C=O) groups excluding carboxylic acids is 3. The van der Waals surface area contributed by atoms with Crippen molar-refractivity contribution in [3.63, 3.8) is 0 Å². The van der Waals surface area contributed by atoms with E-state index in [1.807, 2.05) is 37.4 Å². The van der Waals surface area contributed by atoms with Crippen molar-refractivity contribution in [3.8, 4) is 0 Å². The summed E-state index contributed by atoms with van der Waals surface area (Å²) >= 11 is 0. The maximum atomic E-state index is 12.3. The molecule has 164 valence electrons. The van der Waals surface area contributed by atoms with Crippen LogP contribution in [0.4, 0.5) is 5.69 Å². The van der Waals surface area contributed by atoms with Crippen molar-refractivity contribution in [1.82, 2.24) is 4.90 Å². The molecule has 1 aliphatic rings. The maximum Gasteiger partial charge on any atom is 0.261 e. The molecule has 0 saturated carbocycles. The summed E-state index contributed by atoms with van der Waals surface area (Å²) in [6.07, 6.45) is 9.03. The van der Waals surface area contributed by atoms with Crippen molar-refractivity contribution < 1.29 is 14.4 Å². The number of nitrogens with zero attached hydrogens (tertiary/aromatic N) is 2. The number of hydrogen-bond acceptors (Lipinski definition) is 3. The first-order chi connectivity index (χ1) is 15.1. The molecule has 2 aromatic rings. The molecule has 31 heavy (non-hydrogen) atoms. The normalized spacial score (nSPS) is 12.9. The molecule has 0 atom stereocenters. The average molecular weight is 421 g/mol. The standard InChI is InChI=1S/C26H32N2O3/c1-27(21-15-9-8-10-16-21)24(29)19-11-6-4-2-3-5-7-14-20-28-25(30)22-17-12-13-18-23(22)26(28)31/h8-10,12-13,15-18H,2-7,11,14,19-20H2,1H3. The highest BCUT2D eigenvalue weighted by Gasteiger charge is 2.34. The fourth-order valence-electron chi connectivity index (χ4n) is 4.01. The zero-order chi connectivity index (χ0) is 22.1. The van der Waals surface area contributed by atoms with E-state index in [4.69, 9.17) is 0 Å². The number of rotatable bonds is 12. The van der Waals surface area contributed by atoms with Gasteiger partial charge in [0.15, 0.2) is 0 Å². The molecule has 0 fully saturated rings. The number of fused-ring (bicyclic) bond motifs is 1. The summed E-state index contributed by atoms with van der Waals surface area (Å²) in [7, 11) is 1.83. The molecule has 1 heterocycles. The van der Waals surface area contributed by atoms with Crippen molar-refractivity contribution in [2.45, 2.75) is 57.8 Å². The van der Waals surface area contributed by atoms with Crippen molar-refractivity contribution in [2.75, 3.05) is 18.5 Å². The van der Waals surface area contributed by atoms with Gasteiger partial charge in [-0.3, -0.25) is 19.3 Å². The minimum absolute atomic E-state index is 0.159. The van der Waals surface area contributed by atoms with Gasteiger partial charge in [0.05, 0.1) is 11.1 Å². The number of imide groups is 1. The van der Waals surface area contributed by atoms with Crippen LogP contribution < -0.4 is 4.90 Å². The molecule has 0 aromatic heterocycles. The third kappa shape index (κ3) is 6.03. The van der Waals surface area contributed by atoms with E-state index in [1.54, 1.807) is 29.2 Å². The van der Waals surface area contributed by atoms with Gasteiger partial charge in [-0.05, 0) is 37.1 Å². The highest BCUT2D eigenvalue weighted by atomic mass is 16.2. The molecule has 3 amide bonds. The predicted molar refractivity (Wildman–Crippen MR) is 123 cm³/mol. The molecular weight excluding hydrogens is 388 g/mol. The molecule has 2 aromatic carbocycles. The Balaban J connectivity index is 1.20. The molecule has 0 unspecified atom stereocenters. The Kier molecular flexibility index (Phi) is 8.39. The Morgan fingerprint density at radius 3 is 1.77 bits per heavy atom. The Labute approximate surface area is 185 Å². The quantitative estimate of drug-likeness (QED) is 0.339. The zero-order valence-corrected chi connectivity index (χ0v) is 18.4. The number of hydrogen-bond donors (Lipinski definition) is 0. The van der Waals surface area contributed by atoms with Crippen LogP contribution in [0.25, 0.3) is 0 Å². The summed E-state index contributed by atoms with van der Waals surface area (Å²) in [6, 6.07) is 16.8. The summed E-state index contributed by atoms with van der Waals surface area (Å²) in [4.78, 5) is 40.0. The van der Waals surface area contributed by atoms with Gasteiger partial charge in [-0.25, -0.2) is 0 Å². The SMILES string of the molecule is CN(C(=O)CCCCCCCCCCN1C(=O)c2ccccc2C1=O)c1ccccc1. The lowest BCUT2D eigenvalue weighted by atomic mass is 10.1. The summed E-state index contributed by atoms with van der Waals surface area (Å²) in [5, 5.41) is 0. The molecule has 0 aliphatic carbocycles. The first-order valence-electron chi connectivity index (χ1n) is 11.4. The highest BCUT2D eigenvalue weighted by molar-refractivity contribution is 6.21. The van der Waals surface area contributed by atoms with Gasteiger partial charge in [0.2, 0.25) is 5.91 Å². The monoisotopic (exact) mass is 420 g/mol. The Bertz CT molecular complexity index is 860. The molecule has 5 nitrogen and oxygen atoms in total. The lowest BCUT2D eigenvalue weighted by Gasteiger charge is -2.17. The number of amides is 3. The minimum atomic E-state index is -0.159. The maximum absolute atomic E-state index is 12.3. The number of unbranched alkanes of at least 4 members (excludes halogenated alkanes) is 7. The van der Waals surface area contributed by atoms with E-state index in [1.165, 1.54) is 4.90 Å². The van der Waals surface area contributed by atoms with Gasteiger partial charge in [0, 0.05) is 25.7 Å². The Morgan fingerprint density at radius 1 is 0.710 bits per heavy atom. The second kappa shape index (κ2) is 11.4. The molecular formula is C26H32N2O3. The van der Waals surface area contributed by atoms with E-state index in [2.05, 4.69) is 0 Å². The summed E-state index contributed by atoms with van der Waals surface area (Å²) in [5.74, 6) is -0.152. The topological polar surface area (TPSA) is 57.7 Å². The van der Waals surface area contributed by atoms with Gasteiger partial charge >= 0.3 is 0 Å². The van der Waals surface area contributed by atoms with E-state index >= 15 is 0 Å². The lowest BCUT2D eigenvalue weighted by molar-refractivity contribution is -0.118. The van der Waals surface area contributed by atoms with Crippen LogP contribution in [0.2, 0.25) is 0 Å². The molecule has 5 heteroatoms. The van der Waals surface area contributed by atoms with Gasteiger partial charge < -0.3 is 4.90 Å². The summed E-state index contributed by atoms with van der Waals surface area (Å²) in [6.45, 7) is 0.503. The molecule has 0 saturated heterocycles. The first kappa shape index (κ1) is 22.7. The van der Waals surface area contributed by atoms with Gasteiger partial charge in [-0.2, -0.15) is 0 Å². The van der Waals surface area contributed by atoms with Gasteiger partial charge in [0.1, 0.15) is 0 Å². The fraction of sp³-hybridized carbons (Fsp3) is 0.423.